The Balaban J connectivity index is 1.70. The van der Waals surface area contributed by atoms with Gasteiger partial charge in [0.1, 0.15) is 5.82 Å². The van der Waals surface area contributed by atoms with E-state index >= 15 is 0 Å². The summed E-state index contributed by atoms with van der Waals surface area (Å²) in [4.78, 5) is 12.4. The number of thioether (sulfide) groups is 1. The molecule has 1 aromatic heterocycles. The number of benzene rings is 2. The van der Waals surface area contributed by atoms with Gasteiger partial charge in [0.15, 0.2) is 11.0 Å². The molecule has 26 heavy (non-hydrogen) atoms. The third-order valence-corrected chi connectivity index (χ3v) is 5.05. The van der Waals surface area contributed by atoms with E-state index < -0.39 is 5.25 Å². The average molecular weight is 391 g/mol. The van der Waals surface area contributed by atoms with Crippen molar-refractivity contribution in [1.29, 1.82) is 0 Å². The van der Waals surface area contributed by atoms with Crippen LogP contribution in [0.5, 0.6) is 0 Å². The van der Waals surface area contributed by atoms with Gasteiger partial charge < -0.3 is 9.88 Å². The first-order chi connectivity index (χ1) is 12.4. The van der Waals surface area contributed by atoms with Crippen LogP contribution < -0.4 is 5.32 Å². The first-order valence-corrected chi connectivity index (χ1v) is 9.08. The molecule has 3 aromatic rings. The summed E-state index contributed by atoms with van der Waals surface area (Å²) >= 11 is 7.22. The maximum Gasteiger partial charge on any atom is 0.237 e. The van der Waals surface area contributed by atoms with Gasteiger partial charge in [0, 0.05) is 23.3 Å². The molecule has 0 bridgehead atoms. The van der Waals surface area contributed by atoms with Gasteiger partial charge in [0.05, 0.1) is 5.25 Å². The Labute approximate surface area is 159 Å². The van der Waals surface area contributed by atoms with Crippen LogP contribution in [0.2, 0.25) is 5.02 Å². The minimum atomic E-state index is -0.391. The van der Waals surface area contributed by atoms with Gasteiger partial charge in [0.2, 0.25) is 5.91 Å². The lowest BCUT2D eigenvalue weighted by Gasteiger charge is -2.12. The Hall–Kier alpha value is -2.38. The molecule has 0 spiro atoms. The summed E-state index contributed by atoms with van der Waals surface area (Å²) in [6.45, 7) is 1.79. The van der Waals surface area contributed by atoms with Gasteiger partial charge in [-0.1, -0.05) is 29.4 Å². The standard InChI is InChI=1S/C18H16ClFN4OS/c1-11(17(25)21-15-5-3-4-13(19)10-15)26-18-23-22-16(24(18)2)12-6-8-14(20)9-7-12/h3-11H,1-2H3,(H,21,25)/t11-/m1/s1. The van der Waals surface area contributed by atoms with Crippen molar-refractivity contribution < 1.29 is 9.18 Å². The van der Waals surface area contributed by atoms with Crippen molar-refractivity contribution in [3.8, 4) is 11.4 Å². The van der Waals surface area contributed by atoms with E-state index in [9.17, 15) is 9.18 Å². The monoisotopic (exact) mass is 390 g/mol. The van der Waals surface area contributed by atoms with Crippen molar-refractivity contribution in [1.82, 2.24) is 14.8 Å². The minimum absolute atomic E-state index is 0.163. The Morgan fingerprint density at radius 3 is 2.65 bits per heavy atom. The number of aromatic nitrogens is 3. The van der Waals surface area contributed by atoms with Crippen LogP contribution in [0.25, 0.3) is 11.4 Å². The Bertz CT molecular complexity index is 929. The third kappa shape index (κ3) is 4.23. The van der Waals surface area contributed by atoms with E-state index in [4.69, 9.17) is 11.6 Å². The number of anilines is 1. The fourth-order valence-electron chi connectivity index (χ4n) is 2.29. The van der Waals surface area contributed by atoms with E-state index in [1.165, 1.54) is 23.9 Å². The van der Waals surface area contributed by atoms with E-state index in [1.807, 2.05) is 7.05 Å². The highest BCUT2D eigenvalue weighted by Gasteiger charge is 2.19. The number of carbonyl (C=O) groups excluding carboxylic acids is 1. The molecule has 0 unspecified atom stereocenters. The lowest BCUT2D eigenvalue weighted by Crippen LogP contribution is -2.22. The van der Waals surface area contributed by atoms with Gasteiger partial charge in [-0.15, -0.1) is 10.2 Å². The smallest absolute Gasteiger partial charge is 0.237 e. The highest BCUT2D eigenvalue weighted by molar-refractivity contribution is 8.00. The molecule has 2 aromatic carbocycles. The maximum atomic E-state index is 13.1. The molecule has 1 amide bonds. The second kappa shape index (κ2) is 7.88. The fraction of sp³-hybridized carbons (Fsp3) is 0.167. The van der Waals surface area contributed by atoms with Crippen molar-refractivity contribution in [2.24, 2.45) is 7.05 Å². The molecule has 1 atom stereocenters. The topological polar surface area (TPSA) is 59.8 Å². The lowest BCUT2D eigenvalue weighted by atomic mass is 10.2. The van der Waals surface area contributed by atoms with Crippen molar-refractivity contribution in [2.75, 3.05) is 5.32 Å². The van der Waals surface area contributed by atoms with Gasteiger partial charge >= 0.3 is 0 Å². The van der Waals surface area contributed by atoms with Crippen LogP contribution in [-0.4, -0.2) is 25.9 Å². The molecule has 134 valence electrons. The van der Waals surface area contributed by atoms with Crippen molar-refractivity contribution in [3.05, 3.63) is 59.4 Å². The van der Waals surface area contributed by atoms with Crippen molar-refractivity contribution in [3.63, 3.8) is 0 Å². The van der Waals surface area contributed by atoms with Crippen molar-refractivity contribution in [2.45, 2.75) is 17.3 Å². The van der Waals surface area contributed by atoms with Gasteiger partial charge in [0.25, 0.3) is 0 Å². The van der Waals surface area contributed by atoms with Crippen LogP contribution in [0.3, 0.4) is 0 Å². The molecule has 3 rings (SSSR count). The largest absolute Gasteiger partial charge is 0.325 e. The summed E-state index contributed by atoms with van der Waals surface area (Å²) in [5.41, 5.74) is 1.39. The normalized spacial score (nSPS) is 12.0. The molecule has 5 nitrogen and oxygen atoms in total. The van der Waals surface area contributed by atoms with Crippen LogP contribution in [0, 0.1) is 5.82 Å². The Morgan fingerprint density at radius 2 is 1.96 bits per heavy atom. The SMILES string of the molecule is C[C@@H](Sc1nnc(-c2ccc(F)cc2)n1C)C(=O)Nc1cccc(Cl)c1. The molecule has 8 heteroatoms. The molecule has 0 aliphatic heterocycles. The summed E-state index contributed by atoms with van der Waals surface area (Å²) in [6.07, 6.45) is 0. The number of nitrogens with zero attached hydrogens (tertiary/aromatic N) is 3. The van der Waals surface area contributed by atoms with Crippen molar-refractivity contribution >= 4 is 35.0 Å². The number of hydrogen-bond donors (Lipinski definition) is 1. The fourth-order valence-corrected chi connectivity index (χ4v) is 3.29. The minimum Gasteiger partial charge on any atom is -0.325 e. The highest BCUT2D eigenvalue weighted by Crippen LogP contribution is 2.26. The van der Waals surface area contributed by atoms with Gasteiger partial charge in [-0.05, 0) is 49.4 Å². The summed E-state index contributed by atoms with van der Waals surface area (Å²) in [5.74, 6) is 0.135. The third-order valence-electron chi connectivity index (χ3n) is 3.68. The van der Waals surface area contributed by atoms with Gasteiger partial charge in [-0.25, -0.2) is 4.39 Å². The van der Waals surface area contributed by atoms with E-state index in [-0.39, 0.29) is 11.7 Å². The molecule has 0 saturated carbocycles. The predicted molar refractivity (Wildman–Crippen MR) is 102 cm³/mol. The van der Waals surface area contributed by atoms with Crippen LogP contribution in [-0.2, 0) is 11.8 Å². The number of hydrogen-bond acceptors (Lipinski definition) is 4. The first kappa shape index (κ1) is 18.4. The number of amides is 1. The molecule has 0 fully saturated rings. The molecule has 0 aliphatic rings. The zero-order valence-electron chi connectivity index (χ0n) is 14.1. The van der Waals surface area contributed by atoms with Gasteiger partial charge in [-0.3, -0.25) is 4.79 Å². The molecule has 0 saturated heterocycles. The van der Waals surface area contributed by atoms with Crippen LogP contribution in [0.4, 0.5) is 10.1 Å². The summed E-state index contributed by atoms with van der Waals surface area (Å²) < 4.78 is 14.9. The maximum absolute atomic E-state index is 13.1. The summed E-state index contributed by atoms with van der Waals surface area (Å²) in [7, 11) is 1.81. The molecule has 1 N–H and O–H groups in total. The highest BCUT2D eigenvalue weighted by atomic mass is 35.5. The zero-order chi connectivity index (χ0) is 18.7. The summed E-state index contributed by atoms with van der Waals surface area (Å²) in [6, 6.07) is 13.0. The number of carbonyl (C=O) groups is 1. The van der Waals surface area contributed by atoms with Crippen LogP contribution in [0.1, 0.15) is 6.92 Å². The average Bonchev–Trinajstić information content (AvgIpc) is 2.96. The molecular weight excluding hydrogens is 375 g/mol. The van der Waals surface area contributed by atoms with E-state index in [0.29, 0.717) is 21.7 Å². The van der Waals surface area contributed by atoms with E-state index in [0.717, 1.165) is 5.56 Å². The van der Waals surface area contributed by atoms with Gasteiger partial charge in [-0.2, -0.15) is 0 Å². The lowest BCUT2D eigenvalue weighted by molar-refractivity contribution is -0.115. The molecule has 0 aliphatic carbocycles. The van der Waals surface area contributed by atoms with Crippen LogP contribution in [0.15, 0.2) is 53.7 Å². The molecular formula is C18H16ClFN4OS. The molecule has 1 heterocycles. The Morgan fingerprint density at radius 1 is 1.23 bits per heavy atom. The number of nitrogens with one attached hydrogen (secondary N) is 1. The second-order valence-corrected chi connectivity index (χ2v) is 7.38. The Kier molecular flexibility index (Phi) is 5.58. The van der Waals surface area contributed by atoms with E-state index in [1.54, 1.807) is 47.9 Å². The second-order valence-electron chi connectivity index (χ2n) is 5.63. The number of rotatable bonds is 5. The number of halogens is 2. The first-order valence-electron chi connectivity index (χ1n) is 7.82. The molecule has 0 radical (unpaired) electrons. The van der Waals surface area contributed by atoms with Crippen LogP contribution >= 0.6 is 23.4 Å². The summed E-state index contributed by atoms with van der Waals surface area (Å²) in [5, 5.41) is 11.9. The predicted octanol–water partition coefficient (Wildman–Crippen LogP) is 4.39. The quantitative estimate of drug-likeness (QED) is 0.656. The van der Waals surface area contributed by atoms with E-state index in [2.05, 4.69) is 15.5 Å². The zero-order valence-corrected chi connectivity index (χ0v) is 15.7.